The summed E-state index contributed by atoms with van der Waals surface area (Å²) in [7, 11) is 0. The van der Waals surface area contributed by atoms with E-state index in [0.717, 1.165) is 58.0 Å². The van der Waals surface area contributed by atoms with Crippen molar-refractivity contribution >= 4 is 44.1 Å². The van der Waals surface area contributed by atoms with E-state index in [2.05, 4.69) is 66.8 Å². The molecule has 4 aromatic carbocycles. The quantitative estimate of drug-likeness (QED) is 0.186. The number of unbranched alkanes of at least 4 members (excludes halogenated alkanes) is 2. The topological polar surface area (TPSA) is 69.6 Å². The van der Waals surface area contributed by atoms with E-state index < -0.39 is 0 Å². The van der Waals surface area contributed by atoms with Crippen LogP contribution in [0.4, 0.5) is 0 Å². The highest BCUT2D eigenvalue weighted by Gasteiger charge is 2.30. The Hall–Kier alpha value is -3.18. The third kappa shape index (κ3) is 5.78. The van der Waals surface area contributed by atoms with Crippen molar-refractivity contribution in [3.05, 3.63) is 60.2 Å². The number of aryl methyl sites for hydroxylation is 1. The molecule has 0 unspecified atom stereocenters. The number of benzene rings is 4. The summed E-state index contributed by atoms with van der Waals surface area (Å²) in [4.78, 5) is 26.8. The molecule has 5 heteroatoms. The minimum atomic E-state index is -0.0308. The van der Waals surface area contributed by atoms with Crippen molar-refractivity contribution in [1.29, 1.82) is 0 Å². The Kier molecular flexibility index (Phi) is 8.13. The monoisotopic (exact) mass is 512 g/mol. The highest BCUT2D eigenvalue weighted by molar-refractivity contribution is 6.23. The van der Waals surface area contributed by atoms with E-state index in [1.165, 1.54) is 37.9 Å². The second-order valence-corrected chi connectivity index (χ2v) is 11.4. The highest BCUT2D eigenvalue weighted by Crippen LogP contribution is 2.36. The van der Waals surface area contributed by atoms with Gasteiger partial charge in [-0.15, -0.1) is 0 Å². The average Bonchev–Trinajstić information content (AvgIpc) is 2.94. The Labute approximate surface area is 225 Å². The molecule has 0 atom stereocenters. The zero-order valence-corrected chi connectivity index (χ0v) is 22.6. The van der Waals surface area contributed by atoms with Gasteiger partial charge < -0.3 is 15.3 Å². The van der Waals surface area contributed by atoms with Crippen LogP contribution in [0, 0.1) is 5.41 Å². The normalized spacial score (nSPS) is 15.5. The molecule has 4 aromatic rings. The summed E-state index contributed by atoms with van der Waals surface area (Å²) < 4.78 is 0. The first-order valence-corrected chi connectivity index (χ1v) is 14.3. The fourth-order valence-corrected chi connectivity index (χ4v) is 5.96. The van der Waals surface area contributed by atoms with E-state index in [4.69, 9.17) is 0 Å². The van der Waals surface area contributed by atoms with Crippen LogP contribution in [0.25, 0.3) is 32.3 Å². The van der Waals surface area contributed by atoms with Gasteiger partial charge in [-0.05, 0) is 81.8 Å². The Morgan fingerprint density at radius 1 is 0.842 bits per heavy atom. The number of aliphatic hydroxyl groups excluding tert-OH is 1. The molecule has 5 nitrogen and oxygen atoms in total. The van der Waals surface area contributed by atoms with E-state index in [1.54, 1.807) is 0 Å². The van der Waals surface area contributed by atoms with Gasteiger partial charge in [0.2, 0.25) is 11.8 Å². The average molecular weight is 513 g/mol. The molecule has 200 valence electrons. The third-order valence-corrected chi connectivity index (χ3v) is 8.56. The zero-order valence-electron chi connectivity index (χ0n) is 22.6. The molecule has 1 heterocycles. The summed E-state index contributed by atoms with van der Waals surface area (Å²) >= 11 is 0. The lowest BCUT2D eigenvalue weighted by molar-refractivity contribution is -0.134. The zero-order chi connectivity index (χ0) is 26.5. The number of rotatable bonds is 11. The number of carbonyl (C=O) groups excluding carboxylic acids is 2. The maximum Gasteiger partial charge on any atom is 0.222 e. The van der Waals surface area contributed by atoms with Gasteiger partial charge in [-0.3, -0.25) is 9.59 Å². The molecular formula is C33H40N2O3. The van der Waals surface area contributed by atoms with Crippen molar-refractivity contribution < 1.29 is 14.7 Å². The van der Waals surface area contributed by atoms with Gasteiger partial charge in [-0.2, -0.15) is 0 Å². The smallest absolute Gasteiger partial charge is 0.222 e. The second kappa shape index (κ2) is 11.7. The SMILES string of the molecule is CC1(CO)CCN(C(=O)CCCCCNC(=O)CCCc2ccc3ccc4cccc5ccc2c3c45)CC1. The van der Waals surface area contributed by atoms with Gasteiger partial charge >= 0.3 is 0 Å². The lowest BCUT2D eigenvalue weighted by Crippen LogP contribution is -2.43. The largest absolute Gasteiger partial charge is 0.396 e. The van der Waals surface area contributed by atoms with Crippen LogP contribution in [0.3, 0.4) is 0 Å². The number of likely N-dealkylation sites (tertiary alicyclic amines) is 1. The van der Waals surface area contributed by atoms with Crippen LogP contribution in [0.15, 0.2) is 54.6 Å². The molecule has 2 N–H and O–H groups in total. The maximum atomic E-state index is 12.4. The molecular weight excluding hydrogens is 472 g/mol. The number of nitrogens with zero attached hydrogens (tertiary/aromatic N) is 1. The predicted octanol–water partition coefficient (Wildman–Crippen LogP) is 6.20. The van der Waals surface area contributed by atoms with E-state index in [1.807, 2.05) is 4.90 Å². The minimum Gasteiger partial charge on any atom is -0.396 e. The molecule has 0 aromatic heterocycles. The minimum absolute atomic E-state index is 0.0308. The molecule has 1 aliphatic rings. The van der Waals surface area contributed by atoms with Crippen LogP contribution >= 0.6 is 0 Å². The number of carbonyl (C=O) groups is 2. The third-order valence-electron chi connectivity index (χ3n) is 8.56. The van der Waals surface area contributed by atoms with E-state index >= 15 is 0 Å². The molecule has 0 aliphatic carbocycles. The Morgan fingerprint density at radius 2 is 1.53 bits per heavy atom. The first-order chi connectivity index (χ1) is 18.5. The predicted molar refractivity (Wildman–Crippen MR) is 156 cm³/mol. The Bertz CT molecular complexity index is 1390. The number of piperidine rings is 1. The van der Waals surface area contributed by atoms with Crippen molar-refractivity contribution in [3.63, 3.8) is 0 Å². The van der Waals surface area contributed by atoms with Gasteiger partial charge in [0, 0.05) is 39.1 Å². The van der Waals surface area contributed by atoms with Gasteiger partial charge in [0.1, 0.15) is 0 Å². The molecule has 0 bridgehead atoms. The van der Waals surface area contributed by atoms with Crippen LogP contribution in [-0.2, 0) is 16.0 Å². The Balaban J connectivity index is 1.01. The fraction of sp³-hybridized carbons (Fsp3) is 0.455. The van der Waals surface area contributed by atoms with Crippen LogP contribution in [-0.4, -0.2) is 48.1 Å². The first kappa shape index (κ1) is 26.4. The molecule has 2 amide bonds. The van der Waals surface area contributed by atoms with Gasteiger partial charge in [0.15, 0.2) is 0 Å². The number of aliphatic hydroxyl groups is 1. The summed E-state index contributed by atoms with van der Waals surface area (Å²) in [5, 5.41) is 20.3. The maximum absolute atomic E-state index is 12.4. The molecule has 0 saturated carbocycles. The number of nitrogens with one attached hydrogen (secondary N) is 1. The van der Waals surface area contributed by atoms with Crippen LogP contribution in [0.2, 0.25) is 0 Å². The van der Waals surface area contributed by atoms with E-state index in [9.17, 15) is 14.7 Å². The van der Waals surface area contributed by atoms with E-state index in [-0.39, 0.29) is 23.8 Å². The van der Waals surface area contributed by atoms with Crippen LogP contribution in [0.1, 0.15) is 63.9 Å². The van der Waals surface area contributed by atoms with Gasteiger partial charge in [0.05, 0.1) is 0 Å². The van der Waals surface area contributed by atoms with Crippen molar-refractivity contribution in [2.24, 2.45) is 5.41 Å². The van der Waals surface area contributed by atoms with Gasteiger partial charge in [-0.25, -0.2) is 0 Å². The van der Waals surface area contributed by atoms with Crippen molar-refractivity contribution in [3.8, 4) is 0 Å². The molecule has 1 fully saturated rings. The molecule has 0 spiro atoms. The van der Waals surface area contributed by atoms with E-state index in [0.29, 0.717) is 19.4 Å². The number of hydrogen-bond acceptors (Lipinski definition) is 3. The van der Waals surface area contributed by atoms with Crippen molar-refractivity contribution in [2.75, 3.05) is 26.2 Å². The standard InChI is InChI=1S/C33H40N2O3/c1-33(23-36)18-21-35(22-19-33)30(38)11-3-2-4-20-34-29(37)10-6-7-24-12-13-27-15-14-25-8-5-9-26-16-17-28(24)32(27)31(25)26/h5,8-9,12-17,36H,2-4,6-7,10-11,18-23H2,1H3,(H,34,37). The molecule has 1 aliphatic heterocycles. The van der Waals surface area contributed by atoms with Crippen molar-refractivity contribution in [1.82, 2.24) is 10.2 Å². The Morgan fingerprint density at radius 3 is 2.26 bits per heavy atom. The van der Waals surface area contributed by atoms with Crippen molar-refractivity contribution in [2.45, 2.75) is 64.7 Å². The summed E-state index contributed by atoms with van der Waals surface area (Å²) in [5.74, 6) is 0.333. The van der Waals surface area contributed by atoms with Gasteiger partial charge in [-0.1, -0.05) is 67.9 Å². The molecule has 1 saturated heterocycles. The fourth-order valence-electron chi connectivity index (χ4n) is 5.96. The van der Waals surface area contributed by atoms with Gasteiger partial charge in [0.25, 0.3) is 0 Å². The second-order valence-electron chi connectivity index (χ2n) is 11.4. The lowest BCUT2D eigenvalue weighted by atomic mass is 9.81. The first-order valence-electron chi connectivity index (χ1n) is 14.3. The summed E-state index contributed by atoms with van der Waals surface area (Å²) in [6.07, 6.45) is 7.26. The summed E-state index contributed by atoms with van der Waals surface area (Å²) in [5.41, 5.74) is 1.28. The number of hydrogen-bond donors (Lipinski definition) is 2. The molecule has 5 rings (SSSR count). The highest BCUT2D eigenvalue weighted by atomic mass is 16.3. The number of amides is 2. The van der Waals surface area contributed by atoms with Crippen LogP contribution < -0.4 is 5.32 Å². The van der Waals surface area contributed by atoms with Crippen LogP contribution in [0.5, 0.6) is 0 Å². The molecule has 0 radical (unpaired) electrons. The summed E-state index contributed by atoms with van der Waals surface area (Å²) in [6.45, 7) is 4.46. The molecule has 38 heavy (non-hydrogen) atoms. The lowest BCUT2D eigenvalue weighted by Gasteiger charge is -2.38. The summed E-state index contributed by atoms with van der Waals surface area (Å²) in [6, 6.07) is 19.8.